The third-order valence-electron chi connectivity index (χ3n) is 2.17. The molecule has 0 saturated heterocycles. The first-order valence-electron chi connectivity index (χ1n) is 5.15. The number of rotatable bonds is 6. The van der Waals surface area contributed by atoms with Crippen molar-refractivity contribution in [2.75, 3.05) is 13.7 Å². The molecule has 1 aromatic rings. The van der Waals surface area contributed by atoms with Gasteiger partial charge in [0.05, 0.1) is 0 Å². The van der Waals surface area contributed by atoms with Crippen LogP contribution in [-0.2, 0) is 20.7 Å². The Morgan fingerprint density at radius 3 is 2.89 bits per heavy atom. The minimum atomic E-state index is -1.10. The minimum absolute atomic E-state index is 0.152. The Balaban J connectivity index is 2.72. The lowest BCUT2D eigenvalue weighted by Gasteiger charge is -2.14. The van der Waals surface area contributed by atoms with Crippen molar-refractivity contribution in [1.82, 2.24) is 10.3 Å². The summed E-state index contributed by atoms with van der Waals surface area (Å²) in [5, 5.41) is 11.4. The molecule has 1 amide bonds. The van der Waals surface area contributed by atoms with Crippen molar-refractivity contribution < 1.29 is 19.4 Å². The van der Waals surface area contributed by atoms with E-state index in [1.54, 1.807) is 18.3 Å². The highest BCUT2D eigenvalue weighted by Crippen LogP contribution is 2.14. The van der Waals surface area contributed by atoms with Crippen molar-refractivity contribution in [3.63, 3.8) is 0 Å². The van der Waals surface area contributed by atoms with Crippen LogP contribution in [0.1, 0.15) is 5.56 Å². The van der Waals surface area contributed by atoms with Crippen molar-refractivity contribution in [3.05, 3.63) is 28.5 Å². The van der Waals surface area contributed by atoms with Crippen LogP contribution in [0, 0.1) is 0 Å². The first kappa shape index (κ1) is 14.6. The Morgan fingerprint density at radius 1 is 1.61 bits per heavy atom. The van der Waals surface area contributed by atoms with Crippen molar-refractivity contribution in [3.8, 4) is 0 Å². The number of carboxylic acid groups (broad SMARTS) is 1. The first-order valence-corrected chi connectivity index (χ1v) is 5.94. The number of aromatic nitrogens is 1. The normalized spacial score (nSPS) is 11.9. The van der Waals surface area contributed by atoms with E-state index >= 15 is 0 Å². The lowest BCUT2D eigenvalue weighted by molar-refractivity contribution is -0.142. The van der Waals surface area contributed by atoms with Crippen molar-refractivity contribution in [2.45, 2.75) is 12.5 Å². The zero-order chi connectivity index (χ0) is 13.5. The van der Waals surface area contributed by atoms with Crippen molar-refractivity contribution in [2.24, 2.45) is 0 Å². The summed E-state index contributed by atoms with van der Waals surface area (Å²) in [5.41, 5.74) is 0.711. The summed E-state index contributed by atoms with van der Waals surface area (Å²) < 4.78 is 5.20. The van der Waals surface area contributed by atoms with E-state index in [0.29, 0.717) is 10.2 Å². The Kier molecular flexibility index (Phi) is 5.73. The van der Waals surface area contributed by atoms with E-state index < -0.39 is 17.9 Å². The quantitative estimate of drug-likeness (QED) is 0.750. The summed E-state index contributed by atoms with van der Waals surface area (Å²) in [4.78, 5) is 26.4. The molecule has 7 heteroatoms. The molecule has 1 heterocycles. The van der Waals surface area contributed by atoms with E-state index in [2.05, 4.69) is 31.0 Å². The van der Waals surface area contributed by atoms with Crippen LogP contribution in [0.3, 0.4) is 0 Å². The maximum atomic E-state index is 11.3. The van der Waals surface area contributed by atoms with E-state index in [9.17, 15) is 9.59 Å². The second kappa shape index (κ2) is 7.07. The average molecular weight is 317 g/mol. The fourth-order valence-electron chi connectivity index (χ4n) is 1.36. The maximum absolute atomic E-state index is 11.3. The van der Waals surface area contributed by atoms with Gasteiger partial charge in [0, 0.05) is 19.7 Å². The third kappa shape index (κ3) is 4.42. The molecule has 0 bridgehead atoms. The number of carbonyl (C=O) groups is 2. The topological polar surface area (TPSA) is 88.5 Å². The van der Waals surface area contributed by atoms with Gasteiger partial charge in [-0.15, -0.1) is 0 Å². The Labute approximate surface area is 112 Å². The number of carboxylic acids is 1. The maximum Gasteiger partial charge on any atom is 0.326 e. The number of aliphatic carboxylic acids is 1. The summed E-state index contributed by atoms with van der Waals surface area (Å²) in [5.74, 6) is -1.57. The zero-order valence-corrected chi connectivity index (χ0v) is 11.3. The number of nitrogens with one attached hydrogen (secondary N) is 1. The molecule has 1 aromatic heterocycles. The standard InChI is InChI=1S/C11H13BrN2O4/c1-18-6-9(15)14-8(11(16)17)5-7-3-2-4-13-10(7)12/h2-4,8H,5-6H2,1H3,(H,14,15)(H,16,17)/t8-/m1/s1. The number of halogens is 1. The van der Waals surface area contributed by atoms with Gasteiger partial charge in [0.1, 0.15) is 17.3 Å². The predicted molar refractivity (Wildman–Crippen MR) is 67.1 cm³/mol. The van der Waals surface area contributed by atoms with Crippen molar-refractivity contribution >= 4 is 27.8 Å². The van der Waals surface area contributed by atoms with Gasteiger partial charge in [-0.25, -0.2) is 9.78 Å². The minimum Gasteiger partial charge on any atom is -0.480 e. The van der Waals surface area contributed by atoms with Gasteiger partial charge in [0.25, 0.3) is 0 Å². The van der Waals surface area contributed by atoms with E-state index in [4.69, 9.17) is 5.11 Å². The van der Waals surface area contributed by atoms with E-state index in [0.717, 1.165) is 0 Å². The van der Waals surface area contributed by atoms with E-state index in [1.165, 1.54) is 7.11 Å². The highest BCUT2D eigenvalue weighted by molar-refractivity contribution is 9.10. The van der Waals surface area contributed by atoms with Gasteiger partial charge in [-0.2, -0.15) is 0 Å². The van der Waals surface area contributed by atoms with Crippen LogP contribution in [0.25, 0.3) is 0 Å². The smallest absolute Gasteiger partial charge is 0.326 e. The largest absolute Gasteiger partial charge is 0.480 e. The highest BCUT2D eigenvalue weighted by atomic mass is 79.9. The molecule has 0 aliphatic heterocycles. The molecule has 0 spiro atoms. The number of hydrogen-bond acceptors (Lipinski definition) is 4. The molecule has 0 aliphatic carbocycles. The molecular formula is C11H13BrN2O4. The van der Waals surface area contributed by atoms with Gasteiger partial charge in [-0.1, -0.05) is 6.07 Å². The number of hydrogen-bond donors (Lipinski definition) is 2. The van der Waals surface area contributed by atoms with Gasteiger partial charge in [-0.05, 0) is 27.6 Å². The predicted octanol–water partition coefficient (Wildman–Crippen LogP) is 0.602. The first-order chi connectivity index (χ1) is 8.54. The van der Waals surface area contributed by atoms with Crippen LogP contribution in [0.15, 0.2) is 22.9 Å². The number of nitrogens with zero attached hydrogens (tertiary/aromatic N) is 1. The Bertz CT molecular complexity index is 439. The third-order valence-corrected chi connectivity index (χ3v) is 2.88. The molecule has 0 aliphatic rings. The molecule has 0 saturated carbocycles. The van der Waals surface area contributed by atoms with Crippen LogP contribution >= 0.6 is 15.9 Å². The second-order valence-electron chi connectivity index (χ2n) is 3.55. The van der Waals surface area contributed by atoms with Gasteiger partial charge in [-0.3, -0.25) is 4.79 Å². The zero-order valence-electron chi connectivity index (χ0n) is 9.72. The molecule has 18 heavy (non-hydrogen) atoms. The van der Waals surface area contributed by atoms with Crippen molar-refractivity contribution in [1.29, 1.82) is 0 Å². The summed E-state index contributed by atoms with van der Waals surface area (Å²) >= 11 is 3.23. The highest BCUT2D eigenvalue weighted by Gasteiger charge is 2.21. The molecule has 0 unspecified atom stereocenters. The summed E-state index contributed by atoms with van der Waals surface area (Å²) in [7, 11) is 1.37. The van der Waals surface area contributed by atoms with Crippen LogP contribution in [-0.4, -0.2) is 41.7 Å². The fourth-order valence-corrected chi connectivity index (χ4v) is 1.77. The summed E-state index contributed by atoms with van der Waals surface area (Å²) in [6.45, 7) is -0.169. The fraction of sp³-hybridized carbons (Fsp3) is 0.364. The molecule has 0 aromatic carbocycles. The van der Waals surface area contributed by atoms with Crippen LogP contribution in [0.5, 0.6) is 0 Å². The van der Waals surface area contributed by atoms with Gasteiger partial charge < -0.3 is 15.2 Å². The Morgan fingerprint density at radius 2 is 2.33 bits per heavy atom. The number of ether oxygens (including phenoxy) is 1. The average Bonchev–Trinajstić information content (AvgIpc) is 2.31. The molecule has 6 nitrogen and oxygen atoms in total. The molecule has 1 rings (SSSR count). The molecule has 0 fully saturated rings. The van der Waals surface area contributed by atoms with Gasteiger partial charge >= 0.3 is 5.97 Å². The van der Waals surface area contributed by atoms with E-state index in [-0.39, 0.29) is 13.0 Å². The number of carbonyl (C=O) groups excluding carboxylic acids is 1. The lowest BCUT2D eigenvalue weighted by atomic mass is 10.1. The molecular weight excluding hydrogens is 304 g/mol. The number of pyridine rings is 1. The second-order valence-corrected chi connectivity index (χ2v) is 4.30. The van der Waals surface area contributed by atoms with Crippen LogP contribution in [0.4, 0.5) is 0 Å². The monoisotopic (exact) mass is 316 g/mol. The lowest BCUT2D eigenvalue weighted by Crippen LogP contribution is -2.43. The summed E-state index contributed by atoms with van der Waals surface area (Å²) in [6.07, 6.45) is 1.74. The van der Waals surface area contributed by atoms with Gasteiger partial charge in [0.15, 0.2) is 0 Å². The molecule has 0 radical (unpaired) electrons. The number of methoxy groups -OCH3 is 1. The van der Waals surface area contributed by atoms with Crippen LogP contribution in [0.2, 0.25) is 0 Å². The Hall–Kier alpha value is -1.47. The number of amides is 1. The van der Waals surface area contributed by atoms with E-state index in [1.807, 2.05) is 0 Å². The van der Waals surface area contributed by atoms with Crippen LogP contribution < -0.4 is 5.32 Å². The molecule has 2 N–H and O–H groups in total. The molecule has 98 valence electrons. The summed E-state index contributed by atoms with van der Waals surface area (Å²) in [6, 6.07) is 2.44. The van der Waals surface area contributed by atoms with Gasteiger partial charge in [0.2, 0.25) is 5.91 Å². The molecule has 1 atom stereocenters. The SMILES string of the molecule is COCC(=O)N[C@H](Cc1cccnc1Br)C(=O)O.